The van der Waals surface area contributed by atoms with Gasteiger partial charge in [-0.25, -0.2) is 4.79 Å². The van der Waals surface area contributed by atoms with E-state index in [1.165, 1.54) is 32.8 Å². The second-order valence-electron chi connectivity index (χ2n) is 5.13. The van der Waals surface area contributed by atoms with E-state index in [4.69, 9.17) is 14.7 Å². The zero-order valence-corrected chi connectivity index (χ0v) is 12.2. The van der Waals surface area contributed by atoms with Gasteiger partial charge in [0.05, 0.1) is 6.61 Å². The van der Waals surface area contributed by atoms with Crippen LogP contribution >= 0.6 is 0 Å². The summed E-state index contributed by atoms with van der Waals surface area (Å²) >= 11 is 0. The van der Waals surface area contributed by atoms with Crippen molar-refractivity contribution < 1.29 is 14.3 Å². The van der Waals surface area contributed by atoms with Crippen molar-refractivity contribution in [1.29, 1.82) is 5.26 Å². The molecule has 0 bridgehead atoms. The fraction of sp³-hybridized carbons (Fsp3) is 0.500. The molecule has 0 amide bonds. The molecule has 1 saturated carbocycles. The van der Waals surface area contributed by atoms with Gasteiger partial charge in [0.25, 0.3) is 0 Å². The van der Waals surface area contributed by atoms with Gasteiger partial charge in [0.1, 0.15) is 18.2 Å². The smallest absolute Gasteiger partial charge is 0.348 e. The molecule has 0 unspecified atom stereocenters. The molecule has 2 rings (SSSR count). The molecule has 1 aliphatic carbocycles. The Morgan fingerprint density at radius 1 is 1.48 bits per heavy atom. The number of methoxy groups -OCH3 is 1. The maximum atomic E-state index is 11.7. The van der Waals surface area contributed by atoms with E-state index in [1.54, 1.807) is 6.08 Å². The first-order chi connectivity index (χ1) is 10.2. The third-order valence-corrected chi connectivity index (χ3v) is 3.66. The van der Waals surface area contributed by atoms with Crippen molar-refractivity contribution in [3.8, 4) is 6.07 Å². The minimum absolute atomic E-state index is 0.00951. The van der Waals surface area contributed by atoms with Gasteiger partial charge in [-0.2, -0.15) is 5.26 Å². The summed E-state index contributed by atoms with van der Waals surface area (Å²) in [5, 5.41) is 9.08. The van der Waals surface area contributed by atoms with E-state index in [0.717, 1.165) is 5.56 Å². The molecule has 1 aromatic rings. The summed E-state index contributed by atoms with van der Waals surface area (Å²) in [5.74, 6) is -0.608. The highest BCUT2D eigenvalue weighted by atomic mass is 16.6. The molecule has 0 aliphatic heterocycles. The number of carbonyl (C=O) groups is 1. The van der Waals surface area contributed by atoms with Crippen LogP contribution < -0.4 is 0 Å². The molecule has 0 spiro atoms. The van der Waals surface area contributed by atoms with Crippen molar-refractivity contribution in [2.45, 2.75) is 31.7 Å². The van der Waals surface area contributed by atoms with E-state index in [1.807, 2.05) is 24.5 Å². The van der Waals surface area contributed by atoms with Gasteiger partial charge in [0, 0.05) is 25.5 Å². The normalized spacial score (nSPS) is 15.9. The standard InChI is InChI=1S/C16H20N2O3/c1-20-8-9-21-16(19)14(11-17)10-13-6-7-18(12-13)15-4-2-3-5-15/h6-7,10,12,15H,2-5,8-9H2,1H3/b14-10-. The van der Waals surface area contributed by atoms with Crippen molar-refractivity contribution in [2.24, 2.45) is 0 Å². The van der Waals surface area contributed by atoms with E-state index in [9.17, 15) is 4.79 Å². The molecule has 0 N–H and O–H groups in total. The number of nitrogens with zero attached hydrogens (tertiary/aromatic N) is 2. The van der Waals surface area contributed by atoms with Gasteiger partial charge in [-0.1, -0.05) is 12.8 Å². The molecular weight excluding hydrogens is 268 g/mol. The van der Waals surface area contributed by atoms with Crippen LogP contribution in [0.25, 0.3) is 6.08 Å². The van der Waals surface area contributed by atoms with E-state index in [0.29, 0.717) is 12.6 Å². The molecule has 0 atom stereocenters. The molecule has 1 fully saturated rings. The van der Waals surface area contributed by atoms with E-state index >= 15 is 0 Å². The van der Waals surface area contributed by atoms with Crippen molar-refractivity contribution in [1.82, 2.24) is 4.57 Å². The van der Waals surface area contributed by atoms with Gasteiger partial charge in [-0.15, -0.1) is 0 Å². The third-order valence-electron chi connectivity index (χ3n) is 3.66. The molecular formula is C16H20N2O3. The Morgan fingerprint density at radius 3 is 2.90 bits per heavy atom. The number of hydrogen-bond acceptors (Lipinski definition) is 4. The molecule has 0 saturated heterocycles. The van der Waals surface area contributed by atoms with Crippen LogP contribution in [-0.4, -0.2) is 30.9 Å². The number of rotatable bonds is 6. The van der Waals surface area contributed by atoms with Gasteiger partial charge < -0.3 is 14.0 Å². The summed E-state index contributed by atoms with van der Waals surface area (Å²) in [4.78, 5) is 11.7. The quantitative estimate of drug-likeness (QED) is 0.349. The van der Waals surface area contributed by atoms with Gasteiger partial charge in [-0.3, -0.25) is 0 Å². The summed E-state index contributed by atoms with van der Waals surface area (Å²) in [5.41, 5.74) is 0.859. The zero-order valence-electron chi connectivity index (χ0n) is 12.2. The summed E-state index contributed by atoms with van der Waals surface area (Å²) in [6, 6.07) is 4.35. The third kappa shape index (κ3) is 4.20. The lowest BCUT2D eigenvalue weighted by molar-refractivity contribution is -0.139. The van der Waals surface area contributed by atoms with Crippen molar-refractivity contribution >= 4 is 12.0 Å². The predicted octanol–water partition coefficient (Wildman–Crippen LogP) is 2.70. The lowest BCUT2D eigenvalue weighted by Gasteiger charge is -2.10. The van der Waals surface area contributed by atoms with Gasteiger partial charge in [0.2, 0.25) is 0 Å². The number of hydrogen-bond donors (Lipinski definition) is 0. The second kappa shape index (κ2) is 7.65. The molecule has 21 heavy (non-hydrogen) atoms. The van der Waals surface area contributed by atoms with Crippen molar-refractivity contribution in [3.63, 3.8) is 0 Å². The van der Waals surface area contributed by atoms with Crippen LogP contribution in [0.2, 0.25) is 0 Å². The van der Waals surface area contributed by atoms with Crippen LogP contribution in [0.15, 0.2) is 24.0 Å². The zero-order chi connectivity index (χ0) is 15.1. The molecule has 5 nitrogen and oxygen atoms in total. The second-order valence-corrected chi connectivity index (χ2v) is 5.13. The first-order valence-electron chi connectivity index (χ1n) is 7.20. The Balaban J connectivity index is 2.02. The Morgan fingerprint density at radius 2 is 2.24 bits per heavy atom. The monoisotopic (exact) mass is 288 g/mol. The number of nitriles is 1. The maximum Gasteiger partial charge on any atom is 0.348 e. The fourth-order valence-electron chi connectivity index (χ4n) is 2.54. The average molecular weight is 288 g/mol. The number of esters is 1. The Hall–Kier alpha value is -2.06. The largest absolute Gasteiger partial charge is 0.459 e. The van der Waals surface area contributed by atoms with E-state index < -0.39 is 5.97 Å². The van der Waals surface area contributed by atoms with E-state index in [-0.39, 0.29) is 12.2 Å². The molecule has 1 aliphatic rings. The number of aromatic nitrogens is 1. The summed E-state index contributed by atoms with van der Waals surface area (Å²) in [7, 11) is 1.53. The van der Waals surface area contributed by atoms with Gasteiger partial charge in [-0.05, 0) is 30.5 Å². The minimum Gasteiger partial charge on any atom is -0.459 e. The summed E-state index contributed by atoms with van der Waals surface area (Å²) < 4.78 is 11.9. The SMILES string of the molecule is COCCOC(=O)/C(C#N)=C\c1ccn(C2CCCC2)c1. The minimum atomic E-state index is -0.608. The maximum absolute atomic E-state index is 11.7. The number of carbonyl (C=O) groups excluding carboxylic acids is 1. The molecule has 0 aromatic carbocycles. The molecule has 112 valence electrons. The average Bonchev–Trinajstić information content (AvgIpc) is 3.15. The van der Waals surface area contributed by atoms with Crippen molar-refractivity contribution in [2.75, 3.05) is 20.3 Å². The Kier molecular flexibility index (Phi) is 5.59. The first-order valence-corrected chi connectivity index (χ1v) is 7.20. The predicted molar refractivity (Wildman–Crippen MR) is 78.4 cm³/mol. The van der Waals surface area contributed by atoms with Crippen molar-refractivity contribution in [3.05, 3.63) is 29.6 Å². The highest BCUT2D eigenvalue weighted by molar-refractivity contribution is 5.97. The fourth-order valence-corrected chi connectivity index (χ4v) is 2.54. The van der Waals surface area contributed by atoms with Gasteiger partial charge >= 0.3 is 5.97 Å². The molecule has 5 heteroatoms. The lowest BCUT2D eigenvalue weighted by Crippen LogP contribution is -2.11. The Bertz CT molecular complexity index is 548. The highest BCUT2D eigenvalue weighted by Gasteiger charge is 2.16. The first kappa shape index (κ1) is 15.3. The van der Waals surface area contributed by atoms with E-state index in [2.05, 4.69) is 4.57 Å². The van der Waals surface area contributed by atoms with Crippen LogP contribution in [0.3, 0.4) is 0 Å². The molecule has 1 heterocycles. The van der Waals surface area contributed by atoms with Crippen LogP contribution in [0.4, 0.5) is 0 Å². The number of ether oxygens (including phenoxy) is 2. The van der Waals surface area contributed by atoms with Gasteiger partial charge in [0.15, 0.2) is 0 Å². The highest BCUT2D eigenvalue weighted by Crippen LogP contribution is 2.30. The lowest BCUT2D eigenvalue weighted by atomic mass is 10.2. The van der Waals surface area contributed by atoms with Crippen LogP contribution in [0.1, 0.15) is 37.3 Å². The molecule has 1 aromatic heterocycles. The van der Waals surface area contributed by atoms with Crippen LogP contribution in [0.5, 0.6) is 0 Å². The van der Waals surface area contributed by atoms with Crippen LogP contribution in [0, 0.1) is 11.3 Å². The Labute approximate surface area is 124 Å². The summed E-state index contributed by atoms with van der Waals surface area (Å²) in [6.45, 7) is 0.472. The topological polar surface area (TPSA) is 64.2 Å². The summed E-state index contributed by atoms with van der Waals surface area (Å²) in [6.07, 6.45) is 10.5. The molecule has 0 radical (unpaired) electrons. The van der Waals surface area contributed by atoms with Crippen LogP contribution in [-0.2, 0) is 14.3 Å².